The number of nitrogens with zero attached hydrogens (tertiary/aromatic N) is 2. The normalized spacial score (nSPS) is 24.9. The number of hydrogen-bond acceptors (Lipinski definition) is 2. The number of aromatic nitrogens is 2. The lowest BCUT2D eigenvalue weighted by atomic mass is 10.0. The highest BCUT2D eigenvalue weighted by atomic mass is 35.5. The average molecular weight is 186 g/mol. The molecule has 0 radical (unpaired) electrons. The van der Waals surface area contributed by atoms with Crippen LogP contribution >= 0.6 is 11.8 Å². The number of H-pyrrole nitrogens is 1. The van der Waals surface area contributed by atoms with Gasteiger partial charge in [-0.2, -0.15) is 0 Å². The maximum atomic E-state index is 5.85. The van der Waals surface area contributed by atoms with Crippen molar-refractivity contribution in [3.8, 4) is 0 Å². The first kappa shape index (κ1) is 8.08. The summed E-state index contributed by atoms with van der Waals surface area (Å²) in [6.45, 7) is 2.01. The summed E-state index contributed by atoms with van der Waals surface area (Å²) in [5, 5.41) is 0. The number of aromatic amines is 1. The van der Waals surface area contributed by atoms with Crippen LogP contribution in [-0.4, -0.2) is 27.5 Å². The van der Waals surface area contributed by atoms with Crippen molar-refractivity contribution in [3.63, 3.8) is 0 Å². The van der Waals surface area contributed by atoms with Gasteiger partial charge in [0, 0.05) is 25.0 Å². The first-order chi connectivity index (χ1) is 5.84. The van der Waals surface area contributed by atoms with Gasteiger partial charge in [0.15, 0.2) is 0 Å². The smallest absolute Gasteiger partial charge is 0.0921 e. The van der Waals surface area contributed by atoms with E-state index >= 15 is 0 Å². The van der Waals surface area contributed by atoms with Crippen molar-refractivity contribution in [1.82, 2.24) is 14.4 Å². The number of hydrogen-bond donors (Lipinski definition) is 1. The zero-order chi connectivity index (χ0) is 8.39. The Balaban J connectivity index is 1.88. The molecule has 0 bridgehead atoms. The van der Waals surface area contributed by atoms with E-state index < -0.39 is 0 Å². The van der Waals surface area contributed by atoms with E-state index in [1.54, 1.807) is 6.33 Å². The van der Waals surface area contributed by atoms with E-state index in [0.717, 1.165) is 19.5 Å². The topological polar surface area (TPSA) is 31.9 Å². The first-order valence-electron chi connectivity index (χ1n) is 4.22. The van der Waals surface area contributed by atoms with Crippen molar-refractivity contribution in [3.05, 3.63) is 18.2 Å². The number of halogens is 1. The van der Waals surface area contributed by atoms with Crippen molar-refractivity contribution >= 4 is 11.8 Å². The van der Waals surface area contributed by atoms with Gasteiger partial charge in [0.1, 0.15) is 0 Å². The number of nitrogens with one attached hydrogen (secondary N) is 1. The van der Waals surface area contributed by atoms with E-state index in [1.807, 2.05) is 10.6 Å². The minimum absolute atomic E-state index is 0.697. The second kappa shape index (κ2) is 3.46. The van der Waals surface area contributed by atoms with Crippen LogP contribution in [-0.2, 0) is 6.42 Å². The summed E-state index contributed by atoms with van der Waals surface area (Å²) in [6, 6.07) is 0. The molecule has 12 heavy (non-hydrogen) atoms. The third-order valence-corrected chi connectivity index (χ3v) is 2.61. The summed E-state index contributed by atoms with van der Waals surface area (Å²) in [6.07, 6.45) is 5.88. The standard InChI is InChI=1S/C8H12ClN3/c9-12-2-1-7(5-12)3-8-4-10-6-11-8/h4,6-7H,1-3,5H2,(H,10,11). The molecule has 2 rings (SSSR count). The molecule has 1 aromatic rings. The molecule has 1 aliphatic rings. The minimum atomic E-state index is 0.697. The molecule has 1 unspecified atom stereocenters. The van der Waals surface area contributed by atoms with Crippen LogP contribution in [0.2, 0.25) is 0 Å². The van der Waals surface area contributed by atoms with Crippen molar-refractivity contribution < 1.29 is 0 Å². The molecule has 1 aliphatic heterocycles. The summed E-state index contributed by atoms with van der Waals surface area (Å²) < 4.78 is 1.86. The predicted molar refractivity (Wildman–Crippen MR) is 47.8 cm³/mol. The molecule has 4 heteroatoms. The van der Waals surface area contributed by atoms with Gasteiger partial charge >= 0.3 is 0 Å². The molecule has 1 saturated heterocycles. The molecule has 3 nitrogen and oxygen atoms in total. The molecule has 2 heterocycles. The summed E-state index contributed by atoms with van der Waals surface area (Å²) in [7, 11) is 0. The van der Waals surface area contributed by atoms with Gasteiger partial charge in [-0.3, -0.25) is 0 Å². The molecule has 0 amide bonds. The van der Waals surface area contributed by atoms with E-state index in [-0.39, 0.29) is 0 Å². The quantitative estimate of drug-likeness (QED) is 0.707. The largest absolute Gasteiger partial charge is 0.348 e. The molecule has 1 atom stereocenters. The Bertz CT molecular complexity index is 234. The van der Waals surface area contributed by atoms with Gasteiger partial charge in [-0.15, -0.1) is 0 Å². The molecule has 66 valence electrons. The van der Waals surface area contributed by atoms with Gasteiger partial charge in [-0.1, -0.05) is 0 Å². The van der Waals surface area contributed by atoms with E-state index in [4.69, 9.17) is 11.8 Å². The minimum Gasteiger partial charge on any atom is -0.348 e. The first-order valence-corrected chi connectivity index (χ1v) is 4.56. The Morgan fingerprint density at radius 3 is 3.25 bits per heavy atom. The summed E-state index contributed by atoms with van der Waals surface area (Å²) in [4.78, 5) is 7.09. The lowest BCUT2D eigenvalue weighted by Gasteiger charge is -2.06. The van der Waals surface area contributed by atoms with Crippen LogP contribution in [0.4, 0.5) is 0 Å². The zero-order valence-electron chi connectivity index (χ0n) is 6.83. The van der Waals surface area contributed by atoms with Crippen LogP contribution < -0.4 is 0 Å². The highest BCUT2D eigenvalue weighted by Gasteiger charge is 2.21. The van der Waals surface area contributed by atoms with E-state index in [1.165, 1.54) is 12.1 Å². The zero-order valence-corrected chi connectivity index (χ0v) is 7.59. The van der Waals surface area contributed by atoms with Gasteiger partial charge in [0.25, 0.3) is 0 Å². The molecule has 0 aromatic carbocycles. The summed E-state index contributed by atoms with van der Waals surface area (Å²) in [5.74, 6) is 0.697. The van der Waals surface area contributed by atoms with Crippen LogP contribution in [0.25, 0.3) is 0 Å². The van der Waals surface area contributed by atoms with Gasteiger partial charge < -0.3 is 4.98 Å². The van der Waals surface area contributed by atoms with Crippen molar-refractivity contribution in [2.75, 3.05) is 13.1 Å². The fraction of sp³-hybridized carbons (Fsp3) is 0.625. The van der Waals surface area contributed by atoms with Gasteiger partial charge in [0.05, 0.1) is 6.33 Å². The van der Waals surface area contributed by atoms with Crippen molar-refractivity contribution in [1.29, 1.82) is 0 Å². The van der Waals surface area contributed by atoms with Crippen LogP contribution in [0.3, 0.4) is 0 Å². The lowest BCUT2D eigenvalue weighted by molar-refractivity contribution is 0.506. The van der Waals surface area contributed by atoms with Gasteiger partial charge in [-0.25, -0.2) is 9.40 Å². The molecule has 0 aliphatic carbocycles. The molecular weight excluding hydrogens is 174 g/mol. The van der Waals surface area contributed by atoms with Gasteiger partial charge in [-0.05, 0) is 30.5 Å². The lowest BCUT2D eigenvalue weighted by Crippen LogP contribution is -2.09. The van der Waals surface area contributed by atoms with Crippen LogP contribution in [0.1, 0.15) is 12.1 Å². The Kier molecular flexibility index (Phi) is 2.33. The highest BCUT2D eigenvalue weighted by Crippen LogP contribution is 2.20. The number of rotatable bonds is 2. The monoisotopic (exact) mass is 185 g/mol. The Hall–Kier alpha value is -0.540. The van der Waals surface area contributed by atoms with Crippen LogP contribution in [0, 0.1) is 5.92 Å². The SMILES string of the molecule is ClN1CCC(Cc2cnc[nH]2)C1. The second-order valence-electron chi connectivity index (χ2n) is 3.30. The Morgan fingerprint density at radius 1 is 1.75 bits per heavy atom. The molecule has 1 N–H and O–H groups in total. The maximum absolute atomic E-state index is 5.85. The van der Waals surface area contributed by atoms with E-state index in [0.29, 0.717) is 5.92 Å². The predicted octanol–water partition coefficient (Wildman–Crippen LogP) is 1.43. The van der Waals surface area contributed by atoms with Crippen LogP contribution in [0.5, 0.6) is 0 Å². The molecule has 0 saturated carbocycles. The van der Waals surface area contributed by atoms with Crippen LogP contribution in [0.15, 0.2) is 12.5 Å². The highest BCUT2D eigenvalue weighted by molar-refractivity contribution is 6.13. The summed E-state index contributed by atoms with van der Waals surface area (Å²) >= 11 is 5.85. The third-order valence-electron chi connectivity index (χ3n) is 2.30. The summed E-state index contributed by atoms with van der Waals surface area (Å²) in [5.41, 5.74) is 1.21. The molecular formula is C8H12ClN3. The second-order valence-corrected chi connectivity index (χ2v) is 3.78. The molecule has 0 spiro atoms. The number of imidazole rings is 1. The maximum Gasteiger partial charge on any atom is 0.0921 e. The van der Waals surface area contributed by atoms with Crippen molar-refractivity contribution in [2.45, 2.75) is 12.8 Å². The molecule has 1 aromatic heterocycles. The van der Waals surface area contributed by atoms with E-state index in [9.17, 15) is 0 Å². The van der Waals surface area contributed by atoms with Gasteiger partial charge in [0.2, 0.25) is 0 Å². The Morgan fingerprint density at radius 2 is 2.67 bits per heavy atom. The van der Waals surface area contributed by atoms with E-state index in [2.05, 4.69) is 9.97 Å². The Labute approximate surface area is 76.9 Å². The third kappa shape index (κ3) is 1.79. The fourth-order valence-corrected chi connectivity index (χ4v) is 1.95. The average Bonchev–Trinajstić information content (AvgIpc) is 2.63. The van der Waals surface area contributed by atoms with Crippen molar-refractivity contribution in [2.24, 2.45) is 5.92 Å². The molecule has 1 fully saturated rings. The fourth-order valence-electron chi connectivity index (χ4n) is 1.66.